The Bertz CT molecular complexity index is 502. The van der Waals surface area contributed by atoms with E-state index < -0.39 is 0 Å². The Balaban J connectivity index is 2.23. The Morgan fingerprint density at radius 3 is 2.69 bits per heavy atom. The van der Waals surface area contributed by atoms with E-state index in [4.69, 9.17) is 11.6 Å². The molecule has 0 fully saturated rings. The minimum absolute atomic E-state index is 0.342. The van der Waals surface area contributed by atoms with Crippen LogP contribution < -0.4 is 5.32 Å². The maximum absolute atomic E-state index is 13.5. The summed E-state index contributed by atoms with van der Waals surface area (Å²) in [6, 6.07) is 8.15. The lowest BCUT2D eigenvalue weighted by Gasteiger charge is -2.06. The molecule has 82 valence electrons. The van der Waals surface area contributed by atoms with Gasteiger partial charge in [0, 0.05) is 10.7 Å². The second-order valence-electron chi connectivity index (χ2n) is 3.11. The molecule has 0 radical (unpaired) electrons. The molecule has 1 N–H and O–H groups in total. The third-order valence-electron chi connectivity index (χ3n) is 1.92. The summed E-state index contributed by atoms with van der Waals surface area (Å²) in [4.78, 5) is 4.02. The van der Waals surface area contributed by atoms with E-state index in [-0.39, 0.29) is 5.82 Å². The van der Waals surface area contributed by atoms with Crippen LogP contribution >= 0.6 is 27.5 Å². The lowest BCUT2D eigenvalue weighted by molar-refractivity contribution is 0.631. The largest absolute Gasteiger partial charge is 0.338 e. The first-order valence-electron chi connectivity index (χ1n) is 4.49. The molecule has 2 rings (SSSR count). The summed E-state index contributed by atoms with van der Waals surface area (Å²) in [5, 5.41) is 3.40. The predicted octanol–water partition coefficient (Wildman–Crippen LogP) is 4.38. The molecular formula is C11H7BrClFN2. The van der Waals surface area contributed by atoms with Crippen molar-refractivity contribution in [3.63, 3.8) is 0 Å². The SMILES string of the molecule is Fc1cc(Br)ccc1Nc1ccc(Cl)cn1. The van der Waals surface area contributed by atoms with Crippen LogP contribution in [0.2, 0.25) is 5.02 Å². The molecular weight excluding hydrogens is 294 g/mol. The van der Waals surface area contributed by atoms with Crippen molar-refractivity contribution in [1.29, 1.82) is 0 Å². The van der Waals surface area contributed by atoms with Crippen molar-refractivity contribution in [2.75, 3.05) is 5.32 Å². The predicted molar refractivity (Wildman–Crippen MR) is 66.6 cm³/mol. The van der Waals surface area contributed by atoms with Gasteiger partial charge in [0.1, 0.15) is 11.6 Å². The van der Waals surface area contributed by atoms with E-state index in [0.717, 1.165) is 0 Å². The number of aromatic nitrogens is 1. The zero-order valence-corrected chi connectivity index (χ0v) is 10.4. The van der Waals surface area contributed by atoms with Gasteiger partial charge < -0.3 is 5.32 Å². The molecule has 0 atom stereocenters. The molecule has 1 aromatic carbocycles. The van der Waals surface area contributed by atoms with Gasteiger partial charge in [-0.05, 0) is 30.3 Å². The summed E-state index contributed by atoms with van der Waals surface area (Å²) in [5.41, 5.74) is 0.373. The van der Waals surface area contributed by atoms with Gasteiger partial charge >= 0.3 is 0 Å². The molecule has 1 aromatic heterocycles. The fourth-order valence-electron chi connectivity index (χ4n) is 1.18. The van der Waals surface area contributed by atoms with Crippen LogP contribution in [0, 0.1) is 5.82 Å². The second-order valence-corrected chi connectivity index (χ2v) is 4.46. The molecule has 2 nitrogen and oxygen atoms in total. The highest BCUT2D eigenvalue weighted by molar-refractivity contribution is 9.10. The van der Waals surface area contributed by atoms with Crippen LogP contribution in [-0.4, -0.2) is 4.98 Å². The lowest BCUT2D eigenvalue weighted by Crippen LogP contribution is -1.95. The maximum Gasteiger partial charge on any atom is 0.147 e. The Labute approximate surface area is 106 Å². The average molecular weight is 302 g/mol. The van der Waals surface area contributed by atoms with E-state index in [9.17, 15) is 4.39 Å². The number of pyridine rings is 1. The first-order chi connectivity index (χ1) is 7.65. The van der Waals surface area contributed by atoms with Gasteiger partial charge in [-0.1, -0.05) is 27.5 Å². The standard InChI is InChI=1S/C11H7BrClFN2/c12-7-1-3-10(9(14)5-7)16-11-4-2-8(13)6-15-11/h1-6H,(H,15,16). The van der Waals surface area contributed by atoms with Gasteiger partial charge in [-0.2, -0.15) is 0 Å². The van der Waals surface area contributed by atoms with E-state index in [1.807, 2.05) is 0 Å². The van der Waals surface area contributed by atoms with Crippen molar-refractivity contribution in [2.24, 2.45) is 0 Å². The maximum atomic E-state index is 13.5. The van der Waals surface area contributed by atoms with E-state index in [1.165, 1.54) is 12.3 Å². The summed E-state index contributed by atoms with van der Waals surface area (Å²) >= 11 is 8.89. The summed E-state index contributed by atoms with van der Waals surface area (Å²) < 4.78 is 14.2. The topological polar surface area (TPSA) is 24.9 Å². The Morgan fingerprint density at radius 1 is 1.25 bits per heavy atom. The summed E-state index contributed by atoms with van der Waals surface area (Å²) in [6.45, 7) is 0. The van der Waals surface area contributed by atoms with Crippen molar-refractivity contribution >= 4 is 39.0 Å². The number of rotatable bonds is 2. The molecule has 0 saturated heterocycles. The number of hydrogen-bond donors (Lipinski definition) is 1. The fourth-order valence-corrected chi connectivity index (χ4v) is 1.62. The first kappa shape index (κ1) is 11.4. The first-order valence-corrected chi connectivity index (χ1v) is 5.66. The van der Waals surface area contributed by atoms with Crippen LogP contribution in [-0.2, 0) is 0 Å². The third kappa shape index (κ3) is 2.71. The number of halogens is 3. The Morgan fingerprint density at radius 2 is 2.06 bits per heavy atom. The van der Waals surface area contributed by atoms with Gasteiger partial charge in [0.25, 0.3) is 0 Å². The van der Waals surface area contributed by atoms with Crippen molar-refractivity contribution in [3.05, 3.63) is 51.8 Å². The van der Waals surface area contributed by atoms with Gasteiger partial charge in [0.2, 0.25) is 0 Å². The van der Waals surface area contributed by atoms with Crippen LogP contribution in [0.25, 0.3) is 0 Å². The molecule has 0 saturated carbocycles. The number of anilines is 2. The van der Waals surface area contributed by atoms with Crippen LogP contribution in [0.3, 0.4) is 0 Å². The molecule has 2 aromatic rings. The minimum Gasteiger partial charge on any atom is -0.338 e. The van der Waals surface area contributed by atoms with Gasteiger partial charge in [-0.15, -0.1) is 0 Å². The molecule has 1 heterocycles. The number of nitrogens with one attached hydrogen (secondary N) is 1. The summed E-state index contributed by atoms with van der Waals surface area (Å²) in [6.07, 6.45) is 1.50. The van der Waals surface area contributed by atoms with Crippen LogP contribution in [0.1, 0.15) is 0 Å². The van der Waals surface area contributed by atoms with Gasteiger partial charge in [-0.3, -0.25) is 0 Å². The van der Waals surface area contributed by atoms with Crippen molar-refractivity contribution in [1.82, 2.24) is 4.98 Å². The minimum atomic E-state index is -0.342. The van der Waals surface area contributed by atoms with Crippen LogP contribution in [0.15, 0.2) is 41.0 Å². The summed E-state index contributed by atoms with van der Waals surface area (Å²) in [7, 11) is 0. The van der Waals surface area contributed by atoms with E-state index in [0.29, 0.717) is 21.0 Å². The quantitative estimate of drug-likeness (QED) is 0.890. The number of benzene rings is 1. The third-order valence-corrected chi connectivity index (χ3v) is 2.64. The zero-order chi connectivity index (χ0) is 11.5. The molecule has 0 bridgehead atoms. The zero-order valence-electron chi connectivity index (χ0n) is 8.05. The molecule has 0 aliphatic heterocycles. The fraction of sp³-hybridized carbons (Fsp3) is 0. The van der Waals surface area contributed by atoms with Crippen molar-refractivity contribution in [3.8, 4) is 0 Å². The molecule has 0 spiro atoms. The lowest BCUT2D eigenvalue weighted by atomic mass is 10.3. The Kier molecular flexibility index (Phi) is 3.41. The van der Waals surface area contributed by atoms with E-state index >= 15 is 0 Å². The number of hydrogen-bond acceptors (Lipinski definition) is 2. The molecule has 5 heteroatoms. The highest BCUT2D eigenvalue weighted by Gasteiger charge is 2.03. The molecule has 0 unspecified atom stereocenters. The van der Waals surface area contributed by atoms with Gasteiger partial charge in [0.05, 0.1) is 10.7 Å². The normalized spacial score (nSPS) is 10.2. The smallest absolute Gasteiger partial charge is 0.147 e. The average Bonchev–Trinajstić information content (AvgIpc) is 2.25. The number of nitrogens with zero attached hydrogens (tertiary/aromatic N) is 1. The van der Waals surface area contributed by atoms with Crippen molar-refractivity contribution < 1.29 is 4.39 Å². The van der Waals surface area contributed by atoms with Crippen LogP contribution in [0.4, 0.5) is 15.9 Å². The van der Waals surface area contributed by atoms with Crippen LogP contribution in [0.5, 0.6) is 0 Å². The van der Waals surface area contributed by atoms with E-state index in [2.05, 4.69) is 26.2 Å². The highest BCUT2D eigenvalue weighted by Crippen LogP contribution is 2.22. The second kappa shape index (κ2) is 4.80. The highest BCUT2D eigenvalue weighted by atomic mass is 79.9. The van der Waals surface area contributed by atoms with Crippen molar-refractivity contribution in [2.45, 2.75) is 0 Å². The molecule has 0 aliphatic carbocycles. The monoisotopic (exact) mass is 300 g/mol. The molecule has 0 amide bonds. The summed E-state index contributed by atoms with van der Waals surface area (Å²) in [5.74, 6) is 0.205. The molecule has 16 heavy (non-hydrogen) atoms. The Hall–Kier alpha value is -1.13. The molecule has 0 aliphatic rings. The van der Waals surface area contributed by atoms with Gasteiger partial charge in [0.15, 0.2) is 0 Å². The van der Waals surface area contributed by atoms with Gasteiger partial charge in [-0.25, -0.2) is 9.37 Å². The van der Waals surface area contributed by atoms with E-state index in [1.54, 1.807) is 24.3 Å².